The molecule has 0 saturated heterocycles. The predicted molar refractivity (Wildman–Crippen MR) is 233 cm³/mol. The highest BCUT2D eigenvalue weighted by Gasteiger charge is 2.21. The van der Waals surface area contributed by atoms with Crippen LogP contribution in [0.3, 0.4) is 0 Å². The zero-order valence-electron chi connectivity index (χ0n) is 37.9. The van der Waals surface area contributed by atoms with Crippen LogP contribution < -0.4 is 0 Å². The van der Waals surface area contributed by atoms with Crippen molar-refractivity contribution >= 4 is 18.1 Å². The predicted octanol–water partition coefficient (Wildman–Crippen LogP) is 12.5. The molecule has 56 heavy (non-hydrogen) atoms. The molecule has 0 aromatic heterocycles. The van der Waals surface area contributed by atoms with E-state index in [0.29, 0.717) is 45.6 Å². The van der Waals surface area contributed by atoms with E-state index in [2.05, 4.69) is 51.3 Å². The molecule has 0 N–H and O–H groups in total. The van der Waals surface area contributed by atoms with Gasteiger partial charge in [0.2, 0.25) is 0 Å². The van der Waals surface area contributed by atoms with Crippen molar-refractivity contribution in [2.45, 2.75) is 221 Å². The number of hydrogen-bond donors (Lipinski definition) is 0. The van der Waals surface area contributed by atoms with Gasteiger partial charge in [0, 0.05) is 32.6 Å². The lowest BCUT2D eigenvalue weighted by molar-refractivity contribution is -0.149. The third kappa shape index (κ3) is 34.2. The van der Waals surface area contributed by atoms with Gasteiger partial charge in [-0.05, 0) is 58.0 Å². The van der Waals surface area contributed by atoms with Crippen LogP contribution in [0.2, 0.25) is 0 Å². The van der Waals surface area contributed by atoms with E-state index in [1.807, 2.05) is 0 Å². The topological polar surface area (TPSA) is 94.6 Å². The van der Waals surface area contributed by atoms with Gasteiger partial charge in [-0.3, -0.25) is 14.5 Å². The summed E-state index contributed by atoms with van der Waals surface area (Å²) in [4.78, 5) is 43.2. The Bertz CT molecular complexity index is 869. The highest BCUT2D eigenvalue weighted by Crippen LogP contribution is 2.21. The standard InChI is InChI=1S/C47H92N2O7/c1-7-13-17-21-23-26-31-43(32-27-24-22-18-14-8-2)46(51)54-41-38-49(37-36-48(11-5)12-6)39-42-55-47(52)56-44(33-28-20-16-10-4)34-30-35-45(50)53-40-29-25-19-15-9-3/h43-44H,7-42H2,1-6H3. The molecule has 0 radical (unpaired) electrons. The van der Waals surface area contributed by atoms with Crippen LogP contribution >= 0.6 is 0 Å². The summed E-state index contributed by atoms with van der Waals surface area (Å²) in [6.45, 7) is 19.0. The van der Waals surface area contributed by atoms with E-state index in [0.717, 1.165) is 96.8 Å². The minimum atomic E-state index is -0.650. The molecule has 0 aromatic carbocycles. The Kier molecular flexibility index (Phi) is 39.9. The molecule has 0 aliphatic rings. The van der Waals surface area contributed by atoms with Crippen molar-refractivity contribution < 1.29 is 33.3 Å². The number of esters is 2. The van der Waals surface area contributed by atoms with Gasteiger partial charge in [-0.15, -0.1) is 0 Å². The van der Waals surface area contributed by atoms with Crippen molar-refractivity contribution in [2.75, 3.05) is 59.1 Å². The molecule has 9 nitrogen and oxygen atoms in total. The van der Waals surface area contributed by atoms with Gasteiger partial charge in [0.15, 0.2) is 0 Å². The molecule has 332 valence electrons. The Morgan fingerprint density at radius 2 is 0.875 bits per heavy atom. The number of hydrogen-bond acceptors (Lipinski definition) is 9. The van der Waals surface area contributed by atoms with Gasteiger partial charge in [0.25, 0.3) is 0 Å². The minimum Gasteiger partial charge on any atom is -0.466 e. The fourth-order valence-corrected chi connectivity index (χ4v) is 7.20. The summed E-state index contributed by atoms with van der Waals surface area (Å²) in [6, 6.07) is 0. The van der Waals surface area contributed by atoms with E-state index in [1.54, 1.807) is 0 Å². The van der Waals surface area contributed by atoms with Gasteiger partial charge in [-0.2, -0.15) is 0 Å². The number of likely N-dealkylation sites (N-methyl/N-ethyl adjacent to an activating group) is 1. The Labute approximate surface area is 346 Å². The summed E-state index contributed by atoms with van der Waals surface area (Å²) in [7, 11) is 0. The molecule has 0 heterocycles. The van der Waals surface area contributed by atoms with Crippen LogP contribution in [0, 0.1) is 5.92 Å². The minimum absolute atomic E-state index is 0.0181. The molecular formula is C47H92N2O7. The zero-order valence-corrected chi connectivity index (χ0v) is 37.9. The maximum atomic E-state index is 13.4. The Hall–Kier alpha value is -1.87. The van der Waals surface area contributed by atoms with E-state index in [4.69, 9.17) is 18.9 Å². The summed E-state index contributed by atoms with van der Waals surface area (Å²) >= 11 is 0. The molecule has 1 unspecified atom stereocenters. The number of unbranched alkanes of at least 4 members (excludes halogenated alkanes) is 17. The fraction of sp³-hybridized carbons (Fsp3) is 0.936. The van der Waals surface area contributed by atoms with E-state index in [9.17, 15) is 14.4 Å². The van der Waals surface area contributed by atoms with Gasteiger partial charge < -0.3 is 23.8 Å². The van der Waals surface area contributed by atoms with Crippen LogP contribution in [0.1, 0.15) is 215 Å². The molecule has 0 spiro atoms. The van der Waals surface area contributed by atoms with Gasteiger partial charge in [0.05, 0.1) is 12.5 Å². The molecular weight excluding hydrogens is 705 g/mol. The van der Waals surface area contributed by atoms with Crippen LogP contribution in [-0.4, -0.2) is 93.1 Å². The lowest BCUT2D eigenvalue weighted by atomic mass is 9.94. The largest absolute Gasteiger partial charge is 0.508 e. The molecule has 0 rings (SSSR count). The summed E-state index contributed by atoms with van der Waals surface area (Å²) in [5.74, 6) is -0.235. The summed E-state index contributed by atoms with van der Waals surface area (Å²) in [5, 5.41) is 0. The smallest absolute Gasteiger partial charge is 0.466 e. The second-order valence-electron chi connectivity index (χ2n) is 16.1. The van der Waals surface area contributed by atoms with E-state index in [1.165, 1.54) is 83.5 Å². The zero-order chi connectivity index (χ0) is 41.3. The summed E-state index contributed by atoms with van der Waals surface area (Å²) in [6.07, 6.45) is 27.9. The summed E-state index contributed by atoms with van der Waals surface area (Å²) in [5.41, 5.74) is 0. The van der Waals surface area contributed by atoms with E-state index < -0.39 is 6.16 Å². The molecule has 9 heteroatoms. The number of nitrogens with zero attached hydrogens (tertiary/aromatic N) is 2. The fourth-order valence-electron chi connectivity index (χ4n) is 7.20. The van der Waals surface area contributed by atoms with Crippen molar-refractivity contribution in [3.8, 4) is 0 Å². The van der Waals surface area contributed by atoms with Crippen LogP contribution in [0.15, 0.2) is 0 Å². The van der Waals surface area contributed by atoms with E-state index in [-0.39, 0.29) is 30.6 Å². The SMILES string of the molecule is CCCCCCCCC(CCCCCCCC)C(=O)OCCN(CCOC(=O)OC(CCCCCC)CCCC(=O)OCCCCCCC)CCN(CC)CC. The molecule has 0 saturated carbocycles. The maximum Gasteiger partial charge on any atom is 0.508 e. The molecule has 1 atom stereocenters. The van der Waals surface area contributed by atoms with Gasteiger partial charge in [-0.1, -0.05) is 164 Å². The lowest BCUT2D eigenvalue weighted by Gasteiger charge is -2.26. The van der Waals surface area contributed by atoms with Gasteiger partial charge >= 0.3 is 18.1 Å². The second-order valence-corrected chi connectivity index (χ2v) is 16.1. The Morgan fingerprint density at radius 1 is 0.429 bits per heavy atom. The van der Waals surface area contributed by atoms with Crippen molar-refractivity contribution in [2.24, 2.45) is 5.92 Å². The first kappa shape index (κ1) is 54.1. The van der Waals surface area contributed by atoms with E-state index >= 15 is 0 Å². The molecule has 0 bridgehead atoms. The number of rotatable bonds is 42. The lowest BCUT2D eigenvalue weighted by Crippen LogP contribution is -2.39. The third-order valence-electron chi connectivity index (χ3n) is 11.1. The van der Waals surface area contributed by atoms with Crippen LogP contribution in [0.5, 0.6) is 0 Å². The van der Waals surface area contributed by atoms with Crippen LogP contribution in [0.25, 0.3) is 0 Å². The normalized spacial score (nSPS) is 12.1. The third-order valence-corrected chi connectivity index (χ3v) is 11.1. The number of carbonyl (C=O) groups excluding carboxylic acids is 3. The van der Waals surface area contributed by atoms with Crippen LogP contribution in [-0.2, 0) is 28.5 Å². The van der Waals surface area contributed by atoms with Gasteiger partial charge in [-0.25, -0.2) is 4.79 Å². The molecule has 0 aromatic rings. The van der Waals surface area contributed by atoms with Crippen molar-refractivity contribution in [1.29, 1.82) is 0 Å². The summed E-state index contributed by atoms with van der Waals surface area (Å²) < 4.78 is 22.8. The van der Waals surface area contributed by atoms with Gasteiger partial charge in [0.1, 0.15) is 19.3 Å². The van der Waals surface area contributed by atoms with Crippen molar-refractivity contribution in [1.82, 2.24) is 9.80 Å². The average molecular weight is 797 g/mol. The first-order valence-electron chi connectivity index (χ1n) is 23.9. The first-order valence-corrected chi connectivity index (χ1v) is 23.9. The monoisotopic (exact) mass is 797 g/mol. The molecule has 0 fully saturated rings. The number of carbonyl (C=O) groups is 3. The van der Waals surface area contributed by atoms with Crippen LogP contribution in [0.4, 0.5) is 4.79 Å². The Morgan fingerprint density at radius 3 is 1.43 bits per heavy atom. The van der Waals surface area contributed by atoms with Crippen molar-refractivity contribution in [3.05, 3.63) is 0 Å². The van der Waals surface area contributed by atoms with Crippen molar-refractivity contribution in [3.63, 3.8) is 0 Å². The first-order chi connectivity index (χ1) is 27.3. The maximum absolute atomic E-state index is 13.4. The highest BCUT2D eigenvalue weighted by atomic mass is 16.7. The number of ether oxygens (including phenoxy) is 4. The quantitative estimate of drug-likeness (QED) is 0.0340. The molecule has 0 amide bonds. The average Bonchev–Trinajstić information content (AvgIpc) is 3.19. The second kappa shape index (κ2) is 41.3. The Balaban J connectivity index is 5.06. The molecule has 0 aliphatic carbocycles. The molecule has 0 aliphatic heterocycles. The highest BCUT2D eigenvalue weighted by molar-refractivity contribution is 5.72.